The van der Waals surface area contributed by atoms with E-state index < -0.39 is 16.0 Å². The van der Waals surface area contributed by atoms with Crippen LogP contribution in [-0.4, -0.2) is 31.8 Å². The van der Waals surface area contributed by atoms with E-state index in [-0.39, 0.29) is 16.2 Å². The Morgan fingerprint density at radius 2 is 1.85 bits per heavy atom. The van der Waals surface area contributed by atoms with E-state index >= 15 is 0 Å². The summed E-state index contributed by atoms with van der Waals surface area (Å²) in [6, 6.07) is 12.7. The molecule has 0 N–H and O–H groups in total. The van der Waals surface area contributed by atoms with Crippen molar-refractivity contribution in [2.45, 2.75) is 31.1 Å². The van der Waals surface area contributed by atoms with Gasteiger partial charge in [0.1, 0.15) is 5.75 Å². The van der Waals surface area contributed by atoms with Crippen molar-refractivity contribution >= 4 is 16.0 Å². The molecule has 3 rings (SSSR count). The fraction of sp³-hybridized carbons (Fsp3) is 0.300. The summed E-state index contributed by atoms with van der Waals surface area (Å²) in [6.07, 6.45) is 2.71. The number of esters is 1. The van der Waals surface area contributed by atoms with Crippen LogP contribution in [0, 0.1) is 18.3 Å². The van der Waals surface area contributed by atoms with E-state index in [9.17, 15) is 13.2 Å². The van der Waals surface area contributed by atoms with E-state index in [0.29, 0.717) is 24.2 Å². The van der Waals surface area contributed by atoms with Crippen molar-refractivity contribution in [2.24, 2.45) is 0 Å². The molecule has 2 aromatic carbocycles. The van der Waals surface area contributed by atoms with Crippen LogP contribution < -0.4 is 4.74 Å². The minimum absolute atomic E-state index is 0.129. The molecule has 1 saturated heterocycles. The van der Waals surface area contributed by atoms with E-state index in [4.69, 9.17) is 10.00 Å². The van der Waals surface area contributed by atoms with Crippen LogP contribution in [0.25, 0.3) is 0 Å². The number of benzene rings is 2. The number of piperidine rings is 1. The molecule has 1 aliphatic heterocycles. The zero-order valence-electron chi connectivity index (χ0n) is 15.0. The molecule has 0 unspecified atom stereocenters. The number of ether oxygens (including phenoxy) is 1. The van der Waals surface area contributed by atoms with Gasteiger partial charge in [-0.1, -0.05) is 18.6 Å². The van der Waals surface area contributed by atoms with Gasteiger partial charge >= 0.3 is 5.97 Å². The van der Waals surface area contributed by atoms with Crippen LogP contribution in [0.1, 0.15) is 40.7 Å². The summed E-state index contributed by atoms with van der Waals surface area (Å²) in [5.41, 5.74) is 1.11. The molecular formula is C20H20N2O4S. The lowest BCUT2D eigenvalue weighted by Crippen LogP contribution is -2.36. The number of carbonyl (C=O) groups is 1. The number of carbonyl (C=O) groups excluding carboxylic acids is 1. The normalized spacial score (nSPS) is 15.1. The van der Waals surface area contributed by atoms with Crippen molar-refractivity contribution in [2.75, 3.05) is 13.1 Å². The molecule has 0 radical (unpaired) electrons. The standard InChI is InChI=1S/C20H20N2O4S/c1-15-8-9-17(20(23)26-18-7-5-6-16(12-18)14-21)13-19(15)27(24,25)22-10-3-2-4-11-22/h5-9,12-13H,2-4,10-11H2,1H3. The lowest BCUT2D eigenvalue weighted by molar-refractivity contribution is 0.0734. The zero-order valence-corrected chi connectivity index (χ0v) is 15.8. The Morgan fingerprint density at radius 1 is 1.11 bits per heavy atom. The first kappa shape index (κ1) is 19.1. The smallest absolute Gasteiger partial charge is 0.343 e. The molecule has 140 valence electrons. The highest BCUT2D eigenvalue weighted by Crippen LogP contribution is 2.25. The van der Waals surface area contributed by atoms with Crippen molar-refractivity contribution in [3.8, 4) is 11.8 Å². The van der Waals surface area contributed by atoms with Gasteiger partial charge in [0.25, 0.3) is 0 Å². The van der Waals surface area contributed by atoms with Crippen LogP contribution in [0.4, 0.5) is 0 Å². The summed E-state index contributed by atoms with van der Waals surface area (Å²) < 4.78 is 32.7. The number of nitriles is 1. The van der Waals surface area contributed by atoms with Gasteiger partial charge in [-0.25, -0.2) is 13.2 Å². The monoisotopic (exact) mass is 384 g/mol. The molecule has 7 heteroatoms. The summed E-state index contributed by atoms with van der Waals surface area (Å²) in [6.45, 7) is 2.71. The molecule has 2 aromatic rings. The second-order valence-corrected chi connectivity index (χ2v) is 8.38. The molecule has 0 saturated carbocycles. The highest BCUT2D eigenvalue weighted by Gasteiger charge is 2.28. The quantitative estimate of drug-likeness (QED) is 0.596. The summed E-state index contributed by atoms with van der Waals surface area (Å²) in [7, 11) is -3.65. The first-order chi connectivity index (χ1) is 12.9. The third-order valence-corrected chi connectivity index (χ3v) is 6.57. The summed E-state index contributed by atoms with van der Waals surface area (Å²) in [5, 5.41) is 8.93. The molecule has 0 bridgehead atoms. The van der Waals surface area contributed by atoms with Crippen molar-refractivity contribution in [3.05, 3.63) is 59.2 Å². The molecule has 6 nitrogen and oxygen atoms in total. The van der Waals surface area contributed by atoms with E-state index in [1.165, 1.54) is 16.4 Å². The van der Waals surface area contributed by atoms with Gasteiger partial charge in [0.05, 0.1) is 22.1 Å². The fourth-order valence-electron chi connectivity index (χ4n) is 3.04. The van der Waals surface area contributed by atoms with Gasteiger partial charge in [0.15, 0.2) is 0 Å². The van der Waals surface area contributed by atoms with Gasteiger partial charge in [-0.3, -0.25) is 0 Å². The maximum atomic E-state index is 13.0. The van der Waals surface area contributed by atoms with Crippen molar-refractivity contribution in [1.82, 2.24) is 4.31 Å². The minimum Gasteiger partial charge on any atom is -0.423 e. The Morgan fingerprint density at radius 3 is 2.56 bits per heavy atom. The van der Waals surface area contributed by atoms with E-state index in [1.807, 2.05) is 6.07 Å². The summed E-state index contributed by atoms with van der Waals surface area (Å²) in [4.78, 5) is 12.6. The van der Waals surface area contributed by atoms with Gasteiger partial charge in [-0.15, -0.1) is 0 Å². The third kappa shape index (κ3) is 4.18. The second kappa shape index (κ2) is 7.91. The van der Waals surface area contributed by atoms with Crippen molar-refractivity contribution in [1.29, 1.82) is 5.26 Å². The molecule has 0 amide bonds. The molecule has 1 fully saturated rings. The van der Waals surface area contributed by atoms with Crippen LogP contribution in [0.15, 0.2) is 47.4 Å². The second-order valence-electron chi connectivity index (χ2n) is 6.47. The minimum atomic E-state index is -3.65. The Kier molecular flexibility index (Phi) is 5.59. The molecule has 0 spiro atoms. The van der Waals surface area contributed by atoms with Crippen LogP contribution >= 0.6 is 0 Å². The SMILES string of the molecule is Cc1ccc(C(=O)Oc2cccc(C#N)c2)cc1S(=O)(=O)N1CCCCC1. The first-order valence-electron chi connectivity index (χ1n) is 8.75. The molecule has 0 aromatic heterocycles. The molecule has 27 heavy (non-hydrogen) atoms. The van der Waals surface area contributed by atoms with Crippen LogP contribution in [0.3, 0.4) is 0 Å². The third-order valence-electron chi connectivity index (χ3n) is 4.53. The molecular weight excluding hydrogens is 364 g/mol. The largest absolute Gasteiger partial charge is 0.423 e. The van der Waals surface area contributed by atoms with Crippen molar-refractivity contribution < 1.29 is 17.9 Å². The number of hydrogen-bond donors (Lipinski definition) is 0. The summed E-state index contributed by atoms with van der Waals surface area (Å²) in [5.74, 6) is -0.430. The van der Waals surface area contributed by atoms with Gasteiger partial charge in [-0.05, 0) is 55.7 Å². The lowest BCUT2D eigenvalue weighted by atomic mass is 10.1. The fourth-order valence-corrected chi connectivity index (χ4v) is 4.81. The molecule has 1 aliphatic rings. The number of aryl methyl sites for hydroxylation is 1. The lowest BCUT2D eigenvalue weighted by Gasteiger charge is -2.26. The van der Waals surface area contributed by atoms with Gasteiger partial charge in [0.2, 0.25) is 10.0 Å². The Hall–Kier alpha value is -2.69. The predicted octanol–water partition coefficient (Wildman–Crippen LogP) is 3.26. The Labute approximate surface area is 159 Å². The predicted molar refractivity (Wildman–Crippen MR) is 99.9 cm³/mol. The number of nitrogens with zero attached hydrogens (tertiary/aromatic N) is 2. The zero-order chi connectivity index (χ0) is 19.4. The molecule has 0 aliphatic carbocycles. The van der Waals surface area contributed by atoms with Crippen LogP contribution in [0.5, 0.6) is 5.75 Å². The Balaban J connectivity index is 1.88. The van der Waals surface area contributed by atoms with Crippen molar-refractivity contribution in [3.63, 3.8) is 0 Å². The van der Waals surface area contributed by atoms with Gasteiger partial charge in [0, 0.05) is 13.1 Å². The average molecular weight is 384 g/mol. The number of hydrogen-bond acceptors (Lipinski definition) is 5. The maximum absolute atomic E-state index is 13.0. The van der Waals surface area contributed by atoms with Gasteiger partial charge < -0.3 is 4.74 Å². The average Bonchev–Trinajstić information content (AvgIpc) is 2.69. The number of rotatable bonds is 4. The topological polar surface area (TPSA) is 87.5 Å². The molecule has 0 atom stereocenters. The van der Waals surface area contributed by atoms with Gasteiger partial charge in [-0.2, -0.15) is 9.57 Å². The maximum Gasteiger partial charge on any atom is 0.343 e. The van der Waals surface area contributed by atoms with E-state index in [0.717, 1.165) is 19.3 Å². The highest BCUT2D eigenvalue weighted by atomic mass is 32.2. The first-order valence-corrected chi connectivity index (χ1v) is 10.2. The Bertz CT molecular complexity index is 1000. The van der Waals surface area contributed by atoms with Crippen LogP contribution in [-0.2, 0) is 10.0 Å². The van der Waals surface area contributed by atoms with E-state index in [1.54, 1.807) is 37.3 Å². The number of sulfonamides is 1. The summed E-state index contributed by atoms with van der Waals surface area (Å²) >= 11 is 0. The molecule has 1 heterocycles. The van der Waals surface area contributed by atoms with Crippen LogP contribution in [0.2, 0.25) is 0 Å². The van der Waals surface area contributed by atoms with E-state index in [2.05, 4.69) is 0 Å². The highest BCUT2D eigenvalue weighted by molar-refractivity contribution is 7.89.